The van der Waals surface area contributed by atoms with Crippen LogP contribution in [0.5, 0.6) is 5.75 Å². The number of amides is 1. The molecule has 1 unspecified atom stereocenters. The van der Waals surface area contributed by atoms with Crippen LogP contribution in [0.15, 0.2) is 77.6 Å². The Labute approximate surface area is 209 Å². The molecule has 4 aromatic rings. The number of fused-ring (bicyclic) bond motifs is 1. The fraction of sp³-hybridized carbons (Fsp3) is 0.250. The number of para-hydroxylation sites is 1. The van der Waals surface area contributed by atoms with E-state index in [1.807, 2.05) is 63.2 Å². The zero-order chi connectivity index (χ0) is 24.9. The Morgan fingerprint density at radius 2 is 1.71 bits per heavy atom. The van der Waals surface area contributed by atoms with Crippen LogP contribution in [-0.2, 0) is 0 Å². The molecule has 1 heterocycles. The quantitative estimate of drug-likeness (QED) is 0.302. The highest BCUT2D eigenvalue weighted by Crippen LogP contribution is 2.27. The molecule has 6 nitrogen and oxygen atoms in total. The van der Waals surface area contributed by atoms with Crippen molar-refractivity contribution >= 4 is 28.4 Å². The maximum Gasteiger partial charge on any atom is 0.266 e. The molecule has 1 atom stereocenters. The van der Waals surface area contributed by atoms with Crippen LogP contribution in [-0.4, -0.2) is 33.5 Å². The smallest absolute Gasteiger partial charge is 0.266 e. The number of halogens is 1. The third kappa shape index (κ3) is 4.93. The van der Waals surface area contributed by atoms with Gasteiger partial charge in [-0.2, -0.15) is 0 Å². The van der Waals surface area contributed by atoms with E-state index in [-0.39, 0.29) is 11.5 Å². The number of carbonyl (C=O) groups excluding carboxylic acids is 1. The van der Waals surface area contributed by atoms with Crippen molar-refractivity contribution in [3.63, 3.8) is 0 Å². The first-order chi connectivity index (χ1) is 17.0. The third-order valence-corrected chi connectivity index (χ3v) is 6.21. The van der Waals surface area contributed by atoms with E-state index in [0.29, 0.717) is 51.9 Å². The molecule has 0 aliphatic carbocycles. The van der Waals surface area contributed by atoms with Crippen LogP contribution in [0, 0.1) is 0 Å². The van der Waals surface area contributed by atoms with Gasteiger partial charge in [0, 0.05) is 6.54 Å². The van der Waals surface area contributed by atoms with E-state index in [4.69, 9.17) is 21.3 Å². The summed E-state index contributed by atoms with van der Waals surface area (Å²) in [6, 6.07) is 21.1. The topological polar surface area (TPSA) is 64.4 Å². The fourth-order valence-electron chi connectivity index (χ4n) is 4.18. The van der Waals surface area contributed by atoms with E-state index in [1.54, 1.807) is 39.8 Å². The highest BCUT2D eigenvalue weighted by atomic mass is 35.5. The van der Waals surface area contributed by atoms with E-state index >= 15 is 0 Å². The van der Waals surface area contributed by atoms with Crippen molar-refractivity contribution in [1.29, 1.82) is 0 Å². The van der Waals surface area contributed by atoms with Crippen molar-refractivity contribution in [1.82, 2.24) is 14.5 Å². The molecule has 4 rings (SSSR count). The molecule has 0 spiro atoms. The molecule has 1 amide bonds. The first-order valence-corrected chi connectivity index (χ1v) is 12.1. The Bertz CT molecular complexity index is 1400. The van der Waals surface area contributed by atoms with E-state index in [1.165, 1.54) is 0 Å². The molecule has 3 aromatic carbocycles. The summed E-state index contributed by atoms with van der Waals surface area (Å²) in [6.45, 7) is 6.86. The maximum atomic E-state index is 13.7. The second-order valence-corrected chi connectivity index (χ2v) is 8.62. The molecule has 1 aromatic heterocycles. The SMILES string of the molecule is CCCN(C(=O)c1ccccc1Cl)C(C)c1nc2ccccc2c(=O)n1-c1ccc(OCC)cc1. The number of ether oxygens (including phenoxy) is 1. The van der Waals surface area contributed by atoms with Gasteiger partial charge in [-0.25, -0.2) is 4.98 Å². The molecule has 180 valence electrons. The van der Waals surface area contributed by atoms with Crippen molar-refractivity contribution in [2.45, 2.75) is 33.2 Å². The Kier molecular flexibility index (Phi) is 7.51. The zero-order valence-electron chi connectivity index (χ0n) is 20.1. The van der Waals surface area contributed by atoms with Crippen LogP contribution in [0.3, 0.4) is 0 Å². The van der Waals surface area contributed by atoms with Gasteiger partial charge in [-0.1, -0.05) is 42.8 Å². The van der Waals surface area contributed by atoms with Gasteiger partial charge in [-0.15, -0.1) is 0 Å². The van der Waals surface area contributed by atoms with Crippen LogP contribution in [0.2, 0.25) is 5.02 Å². The fourth-order valence-corrected chi connectivity index (χ4v) is 4.40. The second-order valence-electron chi connectivity index (χ2n) is 8.21. The number of carbonyl (C=O) groups is 1. The summed E-state index contributed by atoms with van der Waals surface area (Å²) in [5, 5.41) is 0.901. The highest BCUT2D eigenvalue weighted by Gasteiger charge is 2.28. The monoisotopic (exact) mass is 489 g/mol. The number of hydrogen-bond donors (Lipinski definition) is 0. The number of aromatic nitrogens is 2. The lowest BCUT2D eigenvalue weighted by molar-refractivity contribution is 0.0681. The van der Waals surface area contributed by atoms with Crippen molar-refractivity contribution in [2.24, 2.45) is 0 Å². The Morgan fingerprint density at radius 1 is 1.03 bits per heavy atom. The summed E-state index contributed by atoms with van der Waals surface area (Å²) >= 11 is 6.35. The van der Waals surface area contributed by atoms with Crippen LogP contribution in [0.25, 0.3) is 16.6 Å². The predicted octanol–water partition coefficient (Wildman–Crippen LogP) is 6.05. The standard InChI is InChI=1S/C28H28ClN3O3/c1-4-18-31(27(33)22-10-6-8-12-24(22)29)19(3)26-30-25-13-9-7-11-23(25)28(34)32(26)20-14-16-21(17-15-20)35-5-2/h6-17,19H,4-5,18H2,1-3H3. The summed E-state index contributed by atoms with van der Waals surface area (Å²) in [5.41, 5.74) is 1.47. The van der Waals surface area contributed by atoms with Gasteiger partial charge in [-0.3, -0.25) is 14.2 Å². The zero-order valence-corrected chi connectivity index (χ0v) is 20.8. The van der Waals surface area contributed by atoms with Crippen LogP contribution < -0.4 is 10.3 Å². The first kappa shape index (κ1) is 24.5. The van der Waals surface area contributed by atoms with Crippen molar-refractivity contribution < 1.29 is 9.53 Å². The normalized spacial score (nSPS) is 11.9. The van der Waals surface area contributed by atoms with Gasteiger partial charge < -0.3 is 9.64 Å². The second kappa shape index (κ2) is 10.7. The van der Waals surface area contributed by atoms with Crippen molar-refractivity contribution in [3.05, 3.63) is 99.6 Å². The Balaban J connectivity index is 1.89. The maximum absolute atomic E-state index is 13.7. The predicted molar refractivity (Wildman–Crippen MR) is 140 cm³/mol. The van der Waals surface area contributed by atoms with Gasteiger partial charge in [0.15, 0.2) is 0 Å². The molecule has 0 aliphatic rings. The minimum Gasteiger partial charge on any atom is -0.494 e. The van der Waals surface area contributed by atoms with Gasteiger partial charge in [0.1, 0.15) is 11.6 Å². The lowest BCUT2D eigenvalue weighted by Gasteiger charge is -2.30. The van der Waals surface area contributed by atoms with Gasteiger partial charge in [0.2, 0.25) is 0 Å². The average Bonchev–Trinajstić information content (AvgIpc) is 2.87. The number of hydrogen-bond acceptors (Lipinski definition) is 4. The lowest BCUT2D eigenvalue weighted by Crippen LogP contribution is -2.38. The van der Waals surface area contributed by atoms with Crippen LogP contribution in [0.4, 0.5) is 0 Å². The first-order valence-electron chi connectivity index (χ1n) is 11.8. The molecule has 0 saturated heterocycles. The number of nitrogens with zero attached hydrogens (tertiary/aromatic N) is 3. The molecule has 0 bridgehead atoms. The average molecular weight is 490 g/mol. The number of benzene rings is 3. The largest absolute Gasteiger partial charge is 0.494 e. The summed E-state index contributed by atoms with van der Waals surface area (Å²) in [5.74, 6) is 0.992. The molecular weight excluding hydrogens is 462 g/mol. The molecule has 7 heteroatoms. The minimum absolute atomic E-state index is 0.191. The highest BCUT2D eigenvalue weighted by molar-refractivity contribution is 6.33. The Morgan fingerprint density at radius 3 is 2.40 bits per heavy atom. The van der Waals surface area contributed by atoms with Gasteiger partial charge in [-0.05, 0) is 68.8 Å². The summed E-state index contributed by atoms with van der Waals surface area (Å²) in [4.78, 5) is 33.9. The van der Waals surface area contributed by atoms with E-state index in [9.17, 15) is 9.59 Å². The summed E-state index contributed by atoms with van der Waals surface area (Å²) in [6.07, 6.45) is 0.737. The van der Waals surface area contributed by atoms with E-state index < -0.39 is 6.04 Å². The van der Waals surface area contributed by atoms with Gasteiger partial charge >= 0.3 is 0 Å². The van der Waals surface area contributed by atoms with Crippen LogP contribution in [0.1, 0.15) is 49.4 Å². The van der Waals surface area contributed by atoms with Crippen LogP contribution >= 0.6 is 11.6 Å². The molecule has 0 aliphatic heterocycles. The molecule has 0 saturated carbocycles. The molecular formula is C28H28ClN3O3. The Hall–Kier alpha value is -3.64. The summed E-state index contributed by atoms with van der Waals surface area (Å²) in [7, 11) is 0. The van der Waals surface area contributed by atoms with E-state index in [2.05, 4.69) is 0 Å². The number of rotatable bonds is 8. The van der Waals surface area contributed by atoms with Gasteiger partial charge in [0.05, 0.1) is 39.8 Å². The van der Waals surface area contributed by atoms with E-state index in [0.717, 1.165) is 6.42 Å². The lowest BCUT2D eigenvalue weighted by atomic mass is 10.1. The minimum atomic E-state index is -0.498. The molecule has 0 N–H and O–H groups in total. The molecule has 0 radical (unpaired) electrons. The van der Waals surface area contributed by atoms with Crippen molar-refractivity contribution in [2.75, 3.05) is 13.2 Å². The van der Waals surface area contributed by atoms with Crippen molar-refractivity contribution in [3.8, 4) is 11.4 Å². The molecule has 35 heavy (non-hydrogen) atoms. The third-order valence-electron chi connectivity index (χ3n) is 5.88. The summed E-state index contributed by atoms with van der Waals surface area (Å²) < 4.78 is 7.16. The van der Waals surface area contributed by atoms with Gasteiger partial charge in [0.25, 0.3) is 11.5 Å². The molecule has 0 fully saturated rings.